The molecule has 5 nitrogen and oxygen atoms in total. The zero-order valence-corrected chi connectivity index (χ0v) is 16.8. The number of carbonyl (C=O) groups is 1. The molecule has 0 atom stereocenters. The molecule has 0 saturated heterocycles. The van der Waals surface area contributed by atoms with Gasteiger partial charge in [-0.3, -0.25) is 4.79 Å². The number of rotatable bonds is 5. The van der Waals surface area contributed by atoms with Gasteiger partial charge in [-0.1, -0.05) is 30.3 Å². The number of aryl methyl sites for hydroxylation is 1. The van der Waals surface area contributed by atoms with E-state index in [9.17, 15) is 4.79 Å². The normalized spacial score (nSPS) is 10.9. The largest absolute Gasteiger partial charge is 0.497 e. The van der Waals surface area contributed by atoms with E-state index in [0.717, 1.165) is 39.0 Å². The maximum absolute atomic E-state index is 12.7. The van der Waals surface area contributed by atoms with Crippen LogP contribution in [0.3, 0.4) is 0 Å². The van der Waals surface area contributed by atoms with Gasteiger partial charge in [0.2, 0.25) is 0 Å². The van der Waals surface area contributed by atoms with Crippen molar-refractivity contribution in [1.82, 2.24) is 15.1 Å². The summed E-state index contributed by atoms with van der Waals surface area (Å²) in [5.41, 5.74) is 4.54. The summed E-state index contributed by atoms with van der Waals surface area (Å²) in [5, 5.41) is 9.63. The number of hydrogen-bond acceptors (Lipinski definition) is 3. The molecule has 0 radical (unpaired) electrons. The summed E-state index contributed by atoms with van der Waals surface area (Å²) in [5.74, 6) is 0.705. The van der Waals surface area contributed by atoms with Crippen molar-refractivity contribution < 1.29 is 9.53 Å². The van der Waals surface area contributed by atoms with Crippen LogP contribution in [-0.2, 0) is 6.54 Å². The lowest BCUT2D eigenvalue weighted by Gasteiger charge is -2.08. The molecular weight excluding hydrogens is 362 g/mol. The summed E-state index contributed by atoms with van der Waals surface area (Å²) < 4.78 is 7.06. The zero-order valence-electron chi connectivity index (χ0n) is 16.8. The second kappa shape index (κ2) is 7.80. The average molecular weight is 385 g/mol. The highest BCUT2D eigenvalue weighted by atomic mass is 16.5. The molecule has 0 aliphatic rings. The fourth-order valence-corrected chi connectivity index (χ4v) is 3.44. The number of methoxy groups -OCH3 is 1. The number of nitrogens with one attached hydrogen (secondary N) is 1. The van der Waals surface area contributed by atoms with Gasteiger partial charge in [-0.2, -0.15) is 5.10 Å². The van der Waals surface area contributed by atoms with Gasteiger partial charge in [-0.25, -0.2) is 4.68 Å². The predicted octanol–water partition coefficient (Wildman–Crippen LogP) is 4.58. The molecule has 0 spiro atoms. The molecule has 1 heterocycles. The third kappa shape index (κ3) is 3.85. The first-order valence-corrected chi connectivity index (χ1v) is 9.52. The molecule has 0 aliphatic carbocycles. The Morgan fingerprint density at radius 1 is 1.03 bits per heavy atom. The van der Waals surface area contributed by atoms with Crippen LogP contribution in [0.2, 0.25) is 0 Å². The van der Waals surface area contributed by atoms with Crippen LogP contribution < -0.4 is 10.1 Å². The Labute approximate surface area is 169 Å². The molecule has 29 heavy (non-hydrogen) atoms. The Hall–Kier alpha value is -3.60. The molecule has 0 saturated carbocycles. The number of hydrogen-bond donors (Lipinski definition) is 1. The fourth-order valence-electron chi connectivity index (χ4n) is 3.44. The Bertz CT molecular complexity index is 1190. The van der Waals surface area contributed by atoms with Gasteiger partial charge in [0.15, 0.2) is 0 Å². The van der Waals surface area contributed by atoms with Crippen molar-refractivity contribution in [2.24, 2.45) is 0 Å². The van der Waals surface area contributed by atoms with Gasteiger partial charge in [-0.05, 0) is 66.1 Å². The van der Waals surface area contributed by atoms with Crippen LogP contribution >= 0.6 is 0 Å². The highest BCUT2D eigenvalue weighted by Gasteiger charge is 2.15. The number of nitrogens with zero attached hydrogens (tertiary/aromatic N) is 2. The van der Waals surface area contributed by atoms with E-state index in [0.29, 0.717) is 12.1 Å². The summed E-state index contributed by atoms with van der Waals surface area (Å²) in [7, 11) is 1.66. The first-order chi connectivity index (χ1) is 14.0. The van der Waals surface area contributed by atoms with E-state index in [2.05, 4.69) is 16.5 Å². The SMILES string of the molecule is COc1ccc2cc(CNC(=O)c3cnn(-c4cccc(C)c4)c3C)ccc2c1. The molecule has 0 aliphatic heterocycles. The van der Waals surface area contributed by atoms with E-state index in [1.54, 1.807) is 18.0 Å². The topological polar surface area (TPSA) is 56.1 Å². The molecule has 146 valence electrons. The Morgan fingerprint density at radius 2 is 1.83 bits per heavy atom. The van der Waals surface area contributed by atoms with Crippen molar-refractivity contribution in [2.75, 3.05) is 7.11 Å². The number of amides is 1. The van der Waals surface area contributed by atoms with Gasteiger partial charge >= 0.3 is 0 Å². The molecule has 3 aromatic carbocycles. The molecule has 1 amide bonds. The second-order valence-corrected chi connectivity index (χ2v) is 7.12. The molecule has 0 unspecified atom stereocenters. The summed E-state index contributed by atoms with van der Waals surface area (Å²) in [6, 6.07) is 20.2. The van der Waals surface area contributed by atoms with Gasteiger partial charge < -0.3 is 10.1 Å². The predicted molar refractivity (Wildman–Crippen MR) is 115 cm³/mol. The van der Waals surface area contributed by atoms with Crippen LogP contribution in [0.25, 0.3) is 16.5 Å². The molecule has 0 fully saturated rings. The minimum atomic E-state index is -0.128. The van der Waals surface area contributed by atoms with Crippen LogP contribution in [0, 0.1) is 13.8 Å². The van der Waals surface area contributed by atoms with Crippen LogP contribution in [0.1, 0.15) is 27.2 Å². The van der Waals surface area contributed by atoms with Crippen LogP contribution in [0.5, 0.6) is 5.75 Å². The molecule has 0 bridgehead atoms. The molecule has 1 aromatic heterocycles. The van der Waals surface area contributed by atoms with E-state index in [1.165, 1.54) is 0 Å². The Kier molecular flexibility index (Phi) is 5.04. The molecule has 4 aromatic rings. The van der Waals surface area contributed by atoms with Crippen molar-refractivity contribution in [3.05, 3.63) is 89.2 Å². The maximum atomic E-state index is 12.7. The lowest BCUT2D eigenvalue weighted by Crippen LogP contribution is -2.23. The third-order valence-corrected chi connectivity index (χ3v) is 5.07. The number of carbonyl (C=O) groups excluding carboxylic acids is 1. The highest BCUT2D eigenvalue weighted by molar-refractivity contribution is 5.95. The van der Waals surface area contributed by atoms with Gasteiger partial charge in [-0.15, -0.1) is 0 Å². The first-order valence-electron chi connectivity index (χ1n) is 9.52. The van der Waals surface area contributed by atoms with Crippen LogP contribution in [0.4, 0.5) is 0 Å². The van der Waals surface area contributed by atoms with Gasteiger partial charge in [0.25, 0.3) is 5.91 Å². The minimum absolute atomic E-state index is 0.128. The van der Waals surface area contributed by atoms with Crippen LogP contribution in [0.15, 0.2) is 66.9 Å². The Morgan fingerprint density at radius 3 is 2.62 bits per heavy atom. The van der Waals surface area contributed by atoms with Crippen molar-refractivity contribution in [3.63, 3.8) is 0 Å². The fraction of sp³-hybridized carbons (Fsp3) is 0.167. The number of benzene rings is 3. The minimum Gasteiger partial charge on any atom is -0.497 e. The molecular formula is C24H23N3O2. The van der Waals surface area contributed by atoms with E-state index in [-0.39, 0.29) is 5.91 Å². The number of ether oxygens (including phenoxy) is 1. The van der Waals surface area contributed by atoms with Crippen molar-refractivity contribution in [1.29, 1.82) is 0 Å². The summed E-state index contributed by atoms with van der Waals surface area (Å²) in [6.07, 6.45) is 1.62. The van der Waals surface area contributed by atoms with Crippen LogP contribution in [-0.4, -0.2) is 22.8 Å². The van der Waals surface area contributed by atoms with Crippen molar-refractivity contribution >= 4 is 16.7 Å². The van der Waals surface area contributed by atoms with E-state index >= 15 is 0 Å². The van der Waals surface area contributed by atoms with Gasteiger partial charge in [0.05, 0.1) is 30.3 Å². The number of fused-ring (bicyclic) bond motifs is 1. The monoisotopic (exact) mass is 385 g/mol. The maximum Gasteiger partial charge on any atom is 0.255 e. The Balaban J connectivity index is 1.49. The molecule has 5 heteroatoms. The van der Waals surface area contributed by atoms with E-state index < -0.39 is 0 Å². The average Bonchev–Trinajstić information content (AvgIpc) is 3.13. The van der Waals surface area contributed by atoms with Gasteiger partial charge in [0.1, 0.15) is 5.75 Å². The van der Waals surface area contributed by atoms with E-state index in [4.69, 9.17) is 4.74 Å². The number of aromatic nitrogens is 2. The molecule has 1 N–H and O–H groups in total. The third-order valence-electron chi connectivity index (χ3n) is 5.07. The standard InChI is InChI=1S/C24H23N3O2/c1-16-5-4-6-21(11-16)27-17(2)23(15-26-27)24(28)25-14-18-7-8-20-13-22(29-3)10-9-19(20)12-18/h4-13,15H,14H2,1-3H3,(H,25,28). The van der Waals surface area contributed by atoms with Crippen molar-refractivity contribution in [2.45, 2.75) is 20.4 Å². The molecule has 4 rings (SSSR count). The lowest BCUT2D eigenvalue weighted by atomic mass is 10.1. The summed E-state index contributed by atoms with van der Waals surface area (Å²) in [4.78, 5) is 12.7. The van der Waals surface area contributed by atoms with Gasteiger partial charge in [0, 0.05) is 6.54 Å². The summed E-state index contributed by atoms with van der Waals surface area (Å²) in [6.45, 7) is 4.40. The zero-order chi connectivity index (χ0) is 20.4. The quantitative estimate of drug-likeness (QED) is 0.547. The highest BCUT2D eigenvalue weighted by Crippen LogP contribution is 2.22. The second-order valence-electron chi connectivity index (χ2n) is 7.12. The smallest absolute Gasteiger partial charge is 0.255 e. The van der Waals surface area contributed by atoms with E-state index in [1.807, 2.05) is 68.4 Å². The first kappa shape index (κ1) is 18.7. The lowest BCUT2D eigenvalue weighted by molar-refractivity contribution is 0.0950. The van der Waals surface area contributed by atoms with Crippen molar-refractivity contribution in [3.8, 4) is 11.4 Å². The summed E-state index contributed by atoms with van der Waals surface area (Å²) >= 11 is 0.